The second-order valence-electron chi connectivity index (χ2n) is 4.52. The predicted octanol–water partition coefficient (Wildman–Crippen LogP) is 2.56. The molecule has 0 unspecified atom stereocenters. The molecule has 0 atom stereocenters. The number of aromatic nitrogens is 1. The smallest absolute Gasteiger partial charge is 0.213 e. The van der Waals surface area contributed by atoms with E-state index in [-0.39, 0.29) is 30.1 Å². The van der Waals surface area contributed by atoms with Crippen molar-refractivity contribution in [2.45, 2.75) is 39.8 Å². The van der Waals surface area contributed by atoms with Crippen LogP contribution in [0.3, 0.4) is 0 Å². The van der Waals surface area contributed by atoms with Gasteiger partial charge < -0.3 is 15.4 Å². The largest absolute Gasteiger partial charge is 0.475 e. The molecular formula is C14H25IN4O. The van der Waals surface area contributed by atoms with E-state index >= 15 is 0 Å². The molecule has 0 amide bonds. The van der Waals surface area contributed by atoms with E-state index in [0.29, 0.717) is 12.4 Å². The molecule has 0 spiro atoms. The molecule has 0 aliphatic heterocycles. The monoisotopic (exact) mass is 392 g/mol. The highest BCUT2D eigenvalue weighted by Gasteiger charge is 2.01. The van der Waals surface area contributed by atoms with Gasteiger partial charge in [-0.05, 0) is 25.8 Å². The van der Waals surface area contributed by atoms with E-state index < -0.39 is 0 Å². The molecule has 1 aromatic heterocycles. The molecule has 0 fully saturated rings. The lowest BCUT2D eigenvalue weighted by atomic mass is 10.3. The van der Waals surface area contributed by atoms with Crippen molar-refractivity contribution in [2.24, 2.45) is 4.99 Å². The Morgan fingerprint density at radius 2 is 2.10 bits per heavy atom. The fraction of sp³-hybridized carbons (Fsp3) is 0.571. The first-order valence-electron chi connectivity index (χ1n) is 6.71. The molecule has 114 valence electrons. The van der Waals surface area contributed by atoms with Crippen molar-refractivity contribution in [1.29, 1.82) is 0 Å². The molecule has 20 heavy (non-hydrogen) atoms. The van der Waals surface area contributed by atoms with Crippen molar-refractivity contribution >= 4 is 29.9 Å². The second-order valence-corrected chi connectivity index (χ2v) is 4.52. The Kier molecular flexibility index (Phi) is 10.1. The van der Waals surface area contributed by atoms with Gasteiger partial charge in [-0.2, -0.15) is 0 Å². The number of hydrogen-bond donors (Lipinski definition) is 2. The fourth-order valence-corrected chi connectivity index (χ4v) is 1.48. The Hall–Kier alpha value is -1.05. The van der Waals surface area contributed by atoms with Crippen LogP contribution in [0.1, 0.15) is 32.8 Å². The molecule has 0 aromatic carbocycles. The number of hydrogen-bond acceptors (Lipinski definition) is 3. The minimum atomic E-state index is 0. The molecule has 1 aromatic rings. The normalized spacial score (nSPS) is 10.9. The number of ether oxygens (including phenoxy) is 1. The maximum Gasteiger partial charge on any atom is 0.213 e. The molecule has 0 saturated heterocycles. The number of guanidine groups is 1. The van der Waals surface area contributed by atoms with Gasteiger partial charge in [0.15, 0.2) is 5.96 Å². The van der Waals surface area contributed by atoms with Gasteiger partial charge in [-0.3, -0.25) is 4.99 Å². The first-order valence-corrected chi connectivity index (χ1v) is 6.71. The maximum absolute atomic E-state index is 5.50. The second kappa shape index (κ2) is 10.7. The van der Waals surface area contributed by atoms with Crippen LogP contribution in [0.25, 0.3) is 0 Å². The average molecular weight is 392 g/mol. The molecule has 2 N–H and O–H groups in total. The maximum atomic E-state index is 5.50. The van der Waals surface area contributed by atoms with Gasteiger partial charge in [-0.25, -0.2) is 4.98 Å². The van der Waals surface area contributed by atoms with Crippen LogP contribution in [-0.2, 0) is 6.54 Å². The highest BCUT2D eigenvalue weighted by atomic mass is 127. The van der Waals surface area contributed by atoms with E-state index in [1.54, 1.807) is 7.05 Å². The van der Waals surface area contributed by atoms with Crippen LogP contribution in [-0.4, -0.2) is 30.6 Å². The lowest BCUT2D eigenvalue weighted by molar-refractivity contribution is 0.232. The summed E-state index contributed by atoms with van der Waals surface area (Å²) < 4.78 is 5.50. The molecule has 0 bridgehead atoms. The summed E-state index contributed by atoms with van der Waals surface area (Å²) in [6.07, 6.45) is 3.04. The zero-order valence-electron chi connectivity index (χ0n) is 12.6. The number of aliphatic imine (C=N–C) groups is 1. The number of nitrogens with one attached hydrogen (secondary N) is 2. The van der Waals surface area contributed by atoms with Crippen molar-refractivity contribution in [3.8, 4) is 5.88 Å². The Balaban J connectivity index is 0.00000361. The van der Waals surface area contributed by atoms with E-state index in [1.165, 1.54) is 0 Å². The van der Waals surface area contributed by atoms with Gasteiger partial charge >= 0.3 is 0 Å². The summed E-state index contributed by atoms with van der Waals surface area (Å²) in [6, 6.07) is 3.89. The van der Waals surface area contributed by atoms with Gasteiger partial charge in [0.05, 0.1) is 6.10 Å². The first kappa shape index (κ1) is 18.9. The van der Waals surface area contributed by atoms with Gasteiger partial charge in [-0.15, -0.1) is 24.0 Å². The number of halogens is 1. The average Bonchev–Trinajstić information content (AvgIpc) is 2.40. The van der Waals surface area contributed by atoms with E-state index in [1.807, 2.05) is 32.2 Å². The number of rotatable bonds is 6. The first-order chi connectivity index (χ1) is 9.15. The van der Waals surface area contributed by atoms with E-state index in [0.717, 1.165) is 24.5 Å². The third-order valence-electron chi connectivity index (χ3n) is 2.38. The molecule has 6 heteroatoms. The van der Waals surface area contributed by atoms with Crippen molar-refractivity contribution in [3.63, 3.8) is 0 Å². The Bertz CT molecular complexity index is 393. The van der Waals surface area contributed by atoms with Gasteiger partial charge in [0, 0.05) is 32.4 Å². The third-order valence-corrected chi connectivity index (χ3v) is 2.38. The SMILES string of the molecule is CCCNC(=NC)NCc1ccc(OC(C)C)nc1.I. The summed E-state index contributed by atoms with van der Waals surface area (Å²) in [4.78, 5) is 8.41. The van der Waals surface area contributed by atoms with Crippen LogP contribution in [0.4, 0.5) is 0 Å². The Morgan fingerprint density at radius 3 is 2.60 bits per heavy atom. The highest BCUT2D eigenvalue weighted by molar-refractivity contribution is 14.0. The molecule has 0 aliphatic carbocycles. The molecule has 1 heterocycles. The van der Waals surface area contributed by atoms with Crippen LogP contribution in [0, 0.1) is 0 Å². The number of nitrogens with zero attached hydrogens (tertiary/aromatic N) is 2. The third kappa shape index (κ3) is 7.52. The minimum absolute atomic E-state index is 0. The van der Waals surface area contributed by atoms with Gasteiger partial charge in [-0.1, -0.05) is 13.0 Å². The molecule has 0 aliphatic rings. The number of pyridine rings is 1. The van der Waals surface area contributed by atoms with Gasteiger partial charge in [0.1, 0.15) is 0 Å². The molecule has 1 rings (SSSR count). The lowest BCUT2D eigenvalue weighted by Crippen LogP contribution is -2.37. The lowest BCUT2D eigenvalue weighted by Gasteiger charge is -2.12. The molecular weight excluding hydrogens is 367 g/mol. The molecule has 5 nitrogen and oxygen atoms in total. The zero-order chi connectivity index (χ0) is 14.1. The molecule has 0 radical (unpaired) electrons. The van der Waals surface area contributed by atoms with Crippen LogP contribution in [0.2, 0.25) is 0 Å². The fourth-order valence-electron chi connectivity index (χ4n) is 1.48. The van der Waals surface area contributed by atoms with E-state index in [2.05, 4.69) is 27.5 Å². The quantitative estimate of drug-likeness (QED) is 0.444. The predicted molar refractivity (Wildman–Crippen MR) is 93.9 cm³/mol. The zero-order valence-corrected chi connectivity index (χ0v) is 15.0. The molecule has 0 saturated carbocycles. The van der Waals surface area contributed by atoms with E-state index in [9.17, 15) is 0 Å². The van der Waals surface area contributed by atoms with Crippen LogP contribution in [0.15, 0.2) is 23.3 Å². The summed E-state index contributed by atoms with van der Waals surface area (Å²) in [5.74, 6) is 1.47. The van der Waals surface area contributed by atoms with Crippen molar-refractivity contribution in [2.75, 3.05) is 13.6 Å². The van der Waals surface area contributed by atoms with Crippen LogP contribution >= 0.6 is 24.0 Å². The summed E-state index contributed by atoms with van der Waals surface area (Å²) in [7, 11) is 1.77. The van der Waals surface area contributed by atoms with E-state index in [4.69, 9.17) is 4.74 Å². The van der Waals surface area contributed by atoms with Gasteiger partial charge in [0.25, 0.3) is 0 Å². The summed E-state index contributed by atoms with van der Waals surface area (Å²) in [5.41, 5.74) is 1.09. The summed E-state index contributed by atoms with van der Waals surface area (Å²) in [6.45, 7) is 7.70. The van der Waals surface area contributed by atoms with Gasteiger partial charge in [0.2, 0.25) is 5.88 Å². The summed E-state index contributed by atoms with van der Waals surface area (Å²) in [5, 5.41) is 6.46. The minimum Gasteiger partial charge on any atom is -0.475 e. The van der Waals surface area contributed by atoms with Crippen LogP contribution < -0.4 is 15.4 Å². The highest BCUT2D eigenvalue weighted by Crippen LogP contribution is 2.09. The standard InChI is InChI=1S/C14H24N4O.HI/c1-5-8-16-14(15-4)18-10-12-6-7-13(17-9-12)19-11(2)3;/h6-7,9,11H,5,8,10H2,1-4H3,(H2,15,16,18);1H. The van der Waals surface area contributed by atoms with Crippen LogP contribution in [0.5, 0.6) is 5.88 Å². The Morgan fingerprint density at radius 1 is 1.35 bits per heavy atom. The Labute approximate surface area is 138 Å². The topological polar surface area (TPSA) is 58.5 Å². The van der Waals surface area contributed by atoms with Crippen molar-refractivity contribution in [3.05, 3.63) is 23.9 Å². The summed E-state index contributed by atoms with van der Waals surface area (Å²) >= 11 is 0. The van der Waals surface area contributed by atoms with Crippen molar-refractivity contribution in [1.82, 2.24) is 15.6 Å². The van der Waals surface area contributed by atoms with Crippen molar-refractivity contribution < 1.29 is 4.74 Å².